The molecule has 20 heavy (non-hydrogen) atoms. The van der Waals surface area contributed by atoms with Crippen LogP contribution >= 0.6 is 0 Å². The Morgan fingerprint density at radius 3 is 2.35 bits per heavy atom. The monoisotopic (exact) mass is 283 g/mol. The van der Waals surface area contributed by atoms with Crippen molar-refractivity contribution >= 4 is 5.91 Å². The van der Waals surface area contributed by atoms with Crippen LogP contribution in [0.4, 0.5) is 0 Å². The Labute approximate surface area is 120 Å². The normalized spacial score (nSPS) is 29.1. The highest BCUT2D eigenvalue weighted by molar-refractivity contribution is 5.87. The van der Waals surface area contributed by atoms with Crippen LogP contribution in [-0.4, -0.2) is 41.9 Å². The first kappa shape index (κ1) is 15.5. The molecule has 1 saturated heterocycles. The van der Waals surface area contributed by atoms with Crippen molar-refractivity contribution in [1.82, 2.24) is 4.90 Å². The van der Waals surface area contributed by atoms with Gasteiger partial charge in [-0.2, -0.15) is 0 Å². The molecule has 0 aromatic carbocycles. The lowest BCUT2D eigenvalue weighted by molar-refractivity contribution is -0.499. The molecule has 1 amide bonds. The maximum Gasteiger partial charge on any atom is 0.246 e. The molecule has 1 spiro atoms. The molecule has 1 atom stereocenters. The summed E-state index contributed by atoms with van der Waals surface area (Å²) < 4.78 is 5.86. The number of nitrogens with zero attached hydrogens (tertiary/aromatic N) is 1. The first-order valence-corrected chi connectivity index (χ1v) is 7.51. The van der Waals surface area contributed by atoms with Gasteiger partial charge in [0.05, 0.1) is 6.61 Å². The number of amides is 1. The average molecular weight is 283 g/mol. The second kappa shape index (κ2) is 6.24. The summed E-state index contributed by atoms with van der Waals surface area (Å²) in [5, 5.41) is 0. The van der Waals surface area contributed by atoms with Gasteiger partial charge in [-0.1, -0.05) is 0 Å². The molecule has 5 heteroatoms. The highest BCUT2D eigenvalue weighted by Crippen LogP contribution is 2.39. The van der Waals surface area contributed by atoms with Crippen molar-refractivity contribution < 1.29 is 19.3 Å². The smallest absolute Gasteiger partial charge is 0.246 e. The summed E-state index contributed by atoms with van der Waals surface area (Å²) in [7, 11) is 0. The van der Waals surface area contributed by atoms with Crippen LogP contribution in [0.2, 0.25) is 0 Å². The van der Waals surface area contributed by atoms with E-state index in [0.717, 1.165) is 25.7 Å². The highest BCUT2D eigenvalue weighted by Gasteiger charge is 2.45. The molecular formula is C15H25NO4. The number of likely N-dealkylation sites (N-methyl/N-ethyl adjacent to an activating group) is 1. The Bertz CT molecular complexity index is 360. The van der Waals surface area contributed by atoms with E-state index in [0.29, 0.717) is 19.7 Å². The molecule has 1 heterocycles. The molecule has 0 radical (unpaired) electrons. The van der Waals surface area contributed by atoms with Crippen molar-refractivity contribution in [2.75, 3.05) is 19.7 Å². The Morgan fingerprint density at radius 1 is 1.20 bits per heavy atom. The maximum atomic E-state index is 11.9. The third-order valence-corrected chi connectivity index (χ3v) is 4.02. The minimum absolute atomic E-state index is 0.0130. The van der Waals surface area contributed by atoms with Crippen LogP contribution in [0, 0.1) is 0 Å². The number of carbonyl (C=O) groups excluding carboxylic acids is 1. The zero-order chi connectivity index (χ0) is 14.6. The summed E-state index contributed by atoms with van der Waals surface area (Å²) in [6.07, 6.45) is 7.25. The first-order chi connectivity index (χ1) is 9.52. The van der Waals surface area contributed by atoms with E-state index >= 15 is 0 Å². The summed E-state index contributed by atoms with van der Waals surface area (Å²) in [5.41, 5.74) is -0.698. The average Bonchev–Trinajstić information content (AvgIpc) is 2.91. The van der Waals surface area contributed by atoms with Crippen molar-refractivity contribution in [1.29, 1.82) is 0 Å². The summed E-state index contributed by atoms with van der Waals surface area (Å²) in [6, 6.07) is 0. The molecule has 1 unspecified atom stereocenters. The van der Waals surface area contributed by atoms with E-state index in [-0.39, 0.29) is 5.91 Å². The standard InChI is InChI=1S/C15H25NO4/c1-4-16(5-2)13(17)8-11-14(3)12-18-15(20-19-14)9-6-7-10-15/h8,11H,4-7,9-10,12H2,1-3H3/b11-8+. The Morgan fingerprint density at radius 2 is 1.85 bits per heavy atom. The van der Waals surface area contributed by atoms with Crippen LogP contribution in [0.1, 0.15) is 46.5 Å². The second-order valence-electron chi connectivity index (χ2n) is 5.73. The zero-order valence-corrected chi connectivity index (χ0v) is 12.7. The summed E-state index contributed by atoms with van der Waals surface area (Å²) in [6.45, 7) is 7.60. The Hall–Kier alpha value is -0.910. The molecule has 5 nitrogen and oxygen atoms in total. The van der Waals surface area contributed by atoms with E-state index in [1.165, 1.54) is 0 Å². The fraction of sp³-hybridized carbons (Fsp3) is 0.800. The lowest BCUT2D eigenvalue weighted by atomic mass is 10.1. The highest BCUT2D eigenvalue weighted by atomic mass is 17.2. The van der Waals surface area contributed by atoms with Gasteiger partial charge in [0.2, 0.25) is 11.7 Å². The molecule has 0 aromatic rings. The van der Waals surface area contributed by atoms with Crippen molar-refractivity contribution in [3.63, 3.8) is 0 Å². The molecule has 114 valence electrons. The number of hydrogen-bond donors (Lipinski definition) is 0. The molecule has 0 bridgehead atoms. The SMILES string of the molecule is CCN(CC)C(=O)/C=C/C1(C)COC2(CCCC2)OO1. The van der Waals surface area contributed by atoms with Crippen molar-refractivity contribution in [3.05, 3.63) is 12.2 Å². The molecule has 2 rings (SSSR count). The Balaban J connectivity index is 1.91. The van der Waals surface area contributed by atoms with Gasteiger partial charge < -0.3 is 9.64 Å². The number of carbonyl (C=O) groups is 1. The van der Waals surface area contributed by atoms with Crippen LogP contribution in [0.15, 0.2) is 12.2 Å². The van der Waals surface area contributed by atoms with Crippen LogP contribution in [-0.2, 0) is 19.3 Å². The van der Waals surface area contributed by atoms with Crippen LogP contribution in [0.5, 0.6) is 0 Å². The van der Waals surface area contributed by atoms with Crippen LogP contribution in [0.25, 0.3) is 0 Å². The molecular weight excluding hydrogens is 258 g/mol. The number of rotatable bonds is 4. The quantitative estimate of drug-likeness (QED) is 0.587. The van der Waals surface area contributed by atoms with E-state index in [2.05, 4.69) is 0 Å². The molecule has 1 aliphatic heterocycles. The lowest BCUT2D eigenvalue weighted by Crippen LogP contribution is -2.48. The predicted molar refractivity (Wildman–Crippen MR) is 74.8 cm³/mol. The predicted octanol–water partition coefficient (Wildman–Crippen LogP) is 2.42. The van der Waals surface area contributed by atoms with Crippen LogP contribution in [0.3, 0.4) is 0 Å². The lowest BCUT2D eigenvalue weighted by Gasteiger charge is -2.40. The van der Waals surface area contributed by atoms with Gasteiger partial charge in [-0.3, -0.25) is 4.79 Å². The molecule has 1 aliphatic carbocycles. The van der Waals surface area contributed by atoms with Gasteiger partial charge in [0.1, 0.15) is 5.60 Å². The molecule has 1 saturated carbocycles. The largest absolute Gasteiger partial charge is 0.344 e. The van der Waals surface area contributed by atoms with E-state index in [4.69, 9.17) is 14.5 Å². The third kappa shape index (κ3) is 3.40. The number of ether oxygens (including phenoxy) is 1. The van der Waals surface area contributed by atoms with Gasteiger partial charge in [-0.25, -0.2) is 9.78 Å². The van der Waals surface area contributed by atoms with E-state index in [1.807, 2.05) is 20.8 Å². The zero-order valence-electron chi connectivity index (χ0n) is 12.7. The second-order valence-corrected chi connectivity index (χ2v) is 5.73. The summed E-state index contributed by atoms with van der Waals surface area (Å²) in [4.78, 5) is 24.7. The van der Waals surface area contributed by atoms with E-state index in [9.17, 15) is 4.79 Å². The van der Waals surface area contributed by atoms with Gasteiger partial charge in [0.25, 0.3) is 0 Å². The summed E-state index contributed by atoms with van der Waals surface area (Å²) in [5.74, 6) is -0.558. The number of hydrogen-bond acceptors (Lipinski definition) is 4. The van der Waals surface area contributed by atoms with Crippen LogP contribution < -0.4 is 0 Å². The molecule has 0 N–H and O–H groups in total. The van der Waals surface area contributed by atoms with E-state index in [1.54, 1.807) is 17.1 Å². The molecule has 2 fully saturated rings. The van der Waals surface area contributed by atoms with Gasteiger partial charge in [-0.15, -0.1) is 0 Å². The van der Waals surface area contributed by atoms with Gasteiger partial charge in [0.15, 0.2) is 0 Å². The molecule has 0 aromatic heterocycles. The minimum Gasteiger partial charge on any atom is -0.344 e. The van der Waals surface area contributed by atoms with Gasteiger partial charge >= 0.3 is 0 Å². The van der Waals surface area contributed by atoms with Crippen molar-refractivity contribution in [3.8, 4) is 0 Å². The van der Waals surface area contributed by atoms with E-state index < -0.39 is 11.4 Å². The molecule has 2 aliphatic rings. The topological polar surface area (TPSA) is 48.0 Å². The Kier molecular flexibility index (Phi) is 4.83. The third-order valence-electron chi connectivity index (χ3n) is 4.02. The maximum absolute atomic E-state index is 11.9. The fourth-order valence-electron chi connectivity index (χ4n) is 2.60. The van der Waals surface area contributed by atoms with Crippen molar-refractivity contribution in [2.45, 2.75) is 57.8 Å². The minimum atomic E-state index is -0.698. The first-order valence-electron chi connectivity index (χ1n) is 7.51. The summed E-state index contributed by atoms with van der Waals surface area (Å²) >= 11 is 0. The van der Waals surface area contributed by atoms with Gasteiger partial charge in [0, 0.05) is 32.0 Å². The van der Waals surface area contributed by atoms with Gasteiger partial charge in [-0.05, 0) is 39.7 Å². The van der Waals surface area contributed by atoms with Crippen molar-refractivity contribution in [2.24, 2.45) is 0 Å². The fourth-order valence-corrected chi connectivity index (χ4v) is 2.60.